The van der Waals surface area contributed by atoms with Gasteiger partial charge in [-0.05, 0) is 29.3 Å². The maximum atomic E-state index is 14.0. The lowest BCUT2D eigenvalue weighted by Crippen LogP contribution is -2.42. The van der Waals surface area contributed by atoms with Gasteiger partial charge in [-0.1, -0.05) is 36.4 Å². The number of ether oxygens (including phenoxy) is 3. The minimum absolute atomic E-state index is 0.0310. The van der Waals surface area contributed by atoms with Crippen molar-refractivity contribution < 1.29 is 32.2 Å². The predicted octanol–water partition coefficient (Wildman–Crippen LogP) is 4.61. The van der Waals surface area contributed by atoms with E-state index in [1.165, 1.54) is 17.0 Å². The molecule has 1 amide bonds. The van der Waals surface area contributed by atoms with E-state index in [4.69, 9.17) is 14.2 Å². The van der Waals surface area contributed by atoms with Crippen molar-refractivity contribution in [1.82, 2.24) is 0 Å². The molecule has 0 bridgehead atoms. The number of hydrogen-bond acceptors (Lipinski definition) is 5. The van der Waals surface area contributed by atoms with Crippen molar-refractivity contribution in [1.29, 1.82) is 0 Å². The molecule has 0 radical (unpaired) electrons. The van der Waals surface area contributed by atoms with Crippen LogP contribution in [0.3, 0.4) is 0 Å². The van der Waals surface area contributed by atoms with Crippen LogP contribution in [-0.2, 0) is 16.8 Å². The lowest BCUT2D eigenvalue weighted by Gasteiger charge is -2.25. The Kier molecular flexibility index (Phi) is 4.45. The van der Waals surface area contributed by atoms with Gasteiger partial charge in [0.2, 0.25) is 5.91 Å². The second-order valence-corrected chi connectivity index (χ2v) is 8.37. The van der Waals surface area contributed by atoms with E-state index in [1.807, 2.05) is 12.1 Å². The Morgan fingerprint density at radius 2 is 1.59 bits per heavy atom. The fourth-order valence-electron chi connectivity index (χ4n) is 4.97. The highest BCUT2D eigenvalue weighted by molar-refractivity contribution is 6.11. The van der Waals surface area contributed by atoms with Crippen molar-refractivity contribution >= 4 is 17.3 Å². The van der Waals surface area contributed by atoms with Crippen LogP contribution in [-0.4, -0.2) is 32.0 Å². The first-order valence-corrected chi connectivity index (χ1v) is 10.8. The van der Waals surface area contributed by atoms with E-state index < -0.39 is 11.7 Å². The molecular formula is C25H19F3N2O4. The average molecular weight is 468 g/mol. The molecule has 1 atom stereocenters. The van der Waals surface area contributed by atoms with Crippen molar-refractivity contribution in [3.63, 3.8) is 0 Å². The van der Waals surface area contributed by atoms with Gasteiger partial charge in [0.25, 0.3) is 0 Å². The molecule has 0 aromatic heterocycles. The number of carbonyl (C=O) groups is 1. The summed E-state index contributed by atoms with van der Waals surface area (Å²) in [7, 11) is 0. The number of fused-ring (bicyclic) bond motifs is 5. The first kappa shape index (κ1) is 20.7. The summed E-state index contributed by atoms with van der Waals surface area (Å²) in [5, 5.41) is 1.58. The third kappa shape index (κ3) is 3.07. The zero-order chi connectivity index (χ0) is 23.5. The molecule has 0 fully saturated rings. The van der Waals surface area contributed by atoms with Crippen LogP contribution >= 0.6 is 0 Å². The molecule has 3 aromatic rings. The van der Waals surface area contributed by atoms with E-state index in [0.29, 0.717) is 47.3 Å². The Hall–Kier alpha value is -3.88. The quantitative estimate of drug-likeness (QED) is 0.569. The highest BCUT2D eigenvalue weighted by Gasteiger charge is 2.57. The van der Waals surface area contributed by atoms with E-state index in [-0.39, 0.29) is 24.7 Å². The number of halogens is 3. The number of anilines is 2. The van der Waals surface area contributed by atoms with Crippen LogP contribution in [0.4, 0.5) is 24.5 Å². The Balaban J connectivity index is 1.44. The monoisotopic (exact) mass is 468 g/mol. The fourth-order valence-corrected chi connectivity index (χ4v) is 4.97. The summed E-state index contributed by atoms with van der Waals surface area (Å²) in [6.45, 7) is 0.883. The molecule has 34 heavy (non-hydrogen) atoms. The van der Waals surface area contributed by atoms with Gasteiger partial charge in [0, 0.05) is 23.0 Å². The number of nitrogens with one attached hydrogen (secondary N) is 1. The summed E-state index contributed by atoms with van der Waals surface area (Å²) in [5.41, 5.74) is 1.19. The van der Waals surface area contributed by atoms with E-state index >= 15 is 0 Å². The van der Waals surface area contributed by atoms with E-state index in [0.717, 1.165) is 5.56 Å². The number of benzene rings is 3. The smallest absolute Gasteiger partial charge is 0.482 e. The van der Waals surface area contributed by atoms with Gasteiger partial charge < -0.3 is 19.1 Å². The molecule has 1 unspecified atom stereocenters. The van der Waals surface area contributed by atoms with Crippen LogP contribution in [0.1, 0.15) is 16.7 Å². The van der Waals surface area contributed by atoms with Gasteiger partial charge >= 0.3 is 6.30 Å². The first-order valence-electron chi connectivity index (χ1n) is 10.8. The molecule has 6 nitrogen and oxygen atoms in total. The SMILES string of the molecule is O=C1N(Cc2ccccc2NC(F)(F)F)c2ccccc2C12COc1cc3c(cc12)OCCO3. The van der Waals surface area contributed by atoms with Crippen LogP contribution in [0.25, 0.3) is 0 Å². The summed E-state index contributed by atoms with van der Waals surface area (Å²) >= 11 is 0. The Bertz CT molecular complexity index is 1310. The highest BCUT2D eigenvalue weighted by atomic mass is 19.4. The Morgan fingerprint density at radius 1 is 0.882 bits per heavy atom. The molecule has 0 saturated carbocycles. The Morgan fingerprint density at radius 3 is 2.38 bits per heavy atom. The number of hydrogen-bond donors (Lipinski definition) is 1. The summed E-state index contributed by atoms with van der Waals surface area (Å²) in [4.78, 5) is 15.6. The molecule has 1 N–H and O–H groups in total. The molecule has 3 aliphatic heterocycles. The van der Waals surface area contributed by atoms with Crippen LogP contribution in [0.5, 0.6) is 17.2 Å². The van der Waals surface area contributed by atoms with Crippen LogP contribution in [0.15, 0.2) is 60.7 Å². The topological polar surface area (TPSA) is 60.0 Å². The molecule has 0 aliphatic carbocycles. The van der Waals surface area contributed by atoms with E-state index in [2.05, 4.69) is 0 Å². The molecule has 174 valence electrons. The van der Waals surface area contributed by atoms with Gasteiger partial charge in [-0.2, -0.15) is 13.2 Å². The molecule has 0 saturated heterocycles. The molecule has 3 aromatic carbocycles. The first-order chi connectivity index (χ1) is 16.4. The van der Waals surface area contributed by atoms with Gasteiger partial charge in [0.1, 0.15) is 31.0 Å². The predicted molar refractivity (Wildman–Crippen MR) is 117 cm³/mol. The normalized spacial score (nSPS) is 20.2. The maximum Gasteiger partial charge on any atom is 0.482 e. The number of para-hydroxylation sites is 2. The average Bonchev–Trinajstić information content (AvgIpc) is 3.30. The van der Waals surface area contributed by atoms with Gasteiger partial charge in [0.05, 0.1) is 6.54 Å². The largest absolute Gasteiger partial charge is 0.491 e. The second kappa shape index (κ2) is 7.31. The minimum Gasteiger partial charge on any atom is -0.491 e. The summed E-state index contributed by atoms with van der Waals surface area (Å²) in [6, 6.07) is 16.9. The van der Waals surface area contributed by atoms with Crippen LogP contribution < -0.4 is 24.4 Å². The van der Waals surface area contributed by atoms with Crippen LogP contribution in [0, 0.1) is 0 Å². The lowest BCUT2D eigenvalue weighted by atomic mass is 9.77. The van der Waals surface area contributed by atoms with Gasteiger partial charge in [-0.25, -0.2) is 0 Å². The second-order valence-electron chi connectivity index (χ2n) is 8.37. The van der Waals surface area contributed by atoms with Crippen molar-refractivity contribution in [2.45, 2.75) is 18.3 Å². The molecule has 9 heteroatoms. The van der Waals surface area contributed by atoms with Crippen LogP contribution in [0.2, 0.25) is 0 Å². The summed E-state index contributed by atoms with van der Waals surface area (Å²) in [6.07, 6.45) is -4.59. The van der Waals surface area contributed by atoms with Gasteiger partial charge in [-0.3, -0.25) is 10.1 Å². The van der Waals surface area contributed by atoms with Crippen molar-refractivity contribution in [3.05, 3.63) is 77.4 Å². The molecule has 6 rings (SSSR count). The minimum atomic E-state index is -4.59. The lowest BCUT2D eigenvalue weighted by molar-refractivity contribution is -0.122. The number of carbonyl (C=O) groups excluding carboxylic acids is 1. The molecule has 1 spiro atoms. The maximum absolute atomic E-state index is 14.0. The number of nitrogens with zero attached hydrogens (tertiary/aromatic N) is 1. The van der Waals surface area contributed by atoms with Crippen molar-refractivity contribution in [3.8, 4) is 17.2 Å². The van der Waals surface area contributed by atoms with Gasteiger partial charge in [-0.15, -0.1) is 0 Å². The Labute approximate surface area is 192 Å². The standard InChI is InChI=1S/C25H19F3N2O4/c26-25(27,28)29-18-7-3-1-5-15(18)13-30-19-8-4-2-6-16(19)24(23(30)31)14-34-20-12-22-21(11-17(20)24)32-9-10-33-22/h1-8,11-12,29H,9-10,13-14H2. The number of alkyl halides is 3. The third-order valence-electron chi connectivity index (χ3n) is 6.44. The number of rotatable bonds is 3. The molecular weight excluding hydrogens is 449 g/mol. The molecule has 3 heterocycles. The summed E-state index contributed by atoms with van der Waals surface area (Å²) < 4.78 is 56.6. The zero-order valence-electron chi connectivity index (χ0n) is 17.8. The van der Waals surface area contributed by atoms with Gasteiger partial charge in [0.15, 0.2) is 11.5 Å². The fraction of sp³-hybridized carbons (Fsp3) is 0.240. The summed E-state index contributed by atoms with van der Waals surface area (Å²) in [5.74, 6) is 1.38. The highest BCUT2D eigenvalue weighted by Crippen LogP contribution is 2.55. The third-order valence-corrected chi connectivity index (χ3v) is 6.44. The number of amides is 1. The zero-order valence-corrected chi connectivity index (χ0v) is 17.8. The molecule has 3 aliphatic rings. The van der Waals surface area contributed by atoms with E-state index in [1.54, 1.807) is 41.7 Å². The van der Waals surface area contributed by atoms with Crippen molar-refractivity contribution in [2.24, 2.45) is 0 Å². The van der Waals surface area contributed by atoms with Crippen molar-refractivity contribution in [2.75, 3.05) is 30.0 Å². The van der Waals surface area contributed by atoms with E-state index in [9.17, 15) is 18.0 Å².